The zero-order valence-electron chi connectivity index (χ0n) is 11.2. The maximum atomic E-state index is 9.93. The molecule has 22 heavy (non-hydrogen) atoms. The highest BCUT2D eigenvalue weighted by molar-refractivity contribution is 7.80. The van der Waals surface area contributed by atoms with Crippen LogP contribution in [0.5, 0.6) is 0 Å². The predicted molar refractivity (Wildman–Crippen MR) is 86.9 cm³/mol. The van der Waals surface area contributed by atoms with Gasteiger partial charge in [-0.1, -0.05) is 0 Å². The minimum absolute atomic E-state index is 0.163. The number of nitrogens with zero attached hydrogens (tertiary/aromatic N) is 2. The molecule has 0 radical (unpaired) electrons. The fraction of sp³-hybridized carbons (Fsp3) is 0.556. The molecule has 0 aromatic carbocycles. The minimum Gasteiger partial charge on any atom is -0.394 e. The van der Waals surface area contributed by atoms with Crippen molar-refractivity contribution in [3.63, 3.8) is 0 Å². The highest BCUT2D eigenvalue weighted by Crippen LogP contribution is 2.06. The Morgan fingerprint density at radius 2 is 1.59 bits per heavy atom. The van der Waals surface area contributed by atoms with Gasteiger partial charge in [-0.2, -0.15) is 10.2 Å². The van der Waals surface area contributed by atoms with Crippen LogP contribution in [0.3, 0.4) is 0 Å². The summed E-state index contributed by atoms with van der Waals surface area (Å²) in [5.41, 5.74) is 14.3. The third kappa shape index (κ3) is 7.51. The molecule has 0 spiro atoms. The molecular formula is C9H18N6O5S2. The van der Waals surface area contributed by atoms with Crippen molar-refractivity contribution in [2.75, 3.05) is 6.61 Å². The average Bonchev–Trinajstić information content (AvgIpc) is 2.46. The Balaban J connectivity index is 5.13. The van der Waals surface area contributed by atoms with Crippen LogP contribution in [-0.2, 0) is 0 Å². The molecule has 0 saturated heterocycles. The normalized spacial score (nSPS) is 17.6. The van der Waals surface area contributed by atoms with Gasteiger partial charge in [0, 0.05) is 0 Å². The smallest absolute Gasteiger partial charge is 0.184 e. The summed E-state index contributed by atoms with van der Waals surface area (Å²) in [7, 11) is 0. The Morgan fingerprint density at radius 3 is 2.05 bits per heavy atom. The quantitative estimate of drug-likeness (QED) is 0.115. The second kappa shape index (κ2) is 10.3. The van der Waals surface area contributed by atoms with E-state index >= 15 is 0 Å². The molecule has 0 aliphatic carbocycles. The van der Waals surface area contributed by atoms with Gasteiger partial charge in [-0.3, -0.25) is 10.9 Å². The molecule has 13 heteroatoms. The number of aliphatic hydroxyl groups excluding tert-OH is 5. The Morgan fingerprint density at radius 1 is 1.05 bits per heavy atom. The highest BCUT2D eigenvalue weighted by Gasteiger charge is 2.32. The van der Waals surface area contributed by atoms with Crippen molar-refractivity contribution in [3.05, 3.63) is 0 Å². The predicted octanol–water partition coefficient (Wildman–Crippen LogP) is -4.57. The van der Waals surface area contributed by atoms with Crippen LogP contribution in [0.4, 0.5) is 0 Å². The molecule has 0 heterocycles. The molecule has 11 nitrogen and oxygen atoms in total. The largest absolute Gasteiger partial charge is 0.394 e. The molecular weight excluding hydrogens is 336 g/mol. The second-order valence-corrected chi connectivity index (χ2v) is 4.80. The summed E-state index contributed by atoms with van der Waals surface area (Å²) in [5, 5.41) is 53.9. The van der Waals surface area contributed by atoms with E-state index in [9.17, 15) is 20.4 Å². The maximum Gasteiger partial charge on any atom is 0.184 e. The first-order valence-corrected chi connectivity index (χ1v) is 6.57. The van der Waals surface area contributed by atoms with E-state index in [0.717, 1.165) is 6.21 Å². The van der Waals surface area contributed by atoms with Crippen LogP contribution in [0.25, 0.3) is 0 Å². The molecule has 4 atom stereocenters. The standard InChI is InChI=1S/C9H18N6O5S2/c10-8(21)14-12-1-3(13-15-9(11)22)5(18)7(20)6(19)4(17)2-16/h1,4-7,16-20H,2H2,(H3,10,14,21)(H3,11,15,22)/b12-1-,13-3-/t4-,5+,6-,7+/m0/s1. The Bertz CT molecular complexity index is 448. The summed E-state index contributed by atoms with van der Waals surface area (Å²) in [6.07, 6.45) is -6.26. The highest BCUT2D eigenvalue weighted by atomic mass is 32.1. The van der Waals surface area contributed by atoms with Crippen LogP contribution in [0.15, 0.2) is 10.2 Å². The first-order valence-electron chi connectivity index (χ1n) is 5.75. The fourth-order valence-corrected chi connectivity index (χ4v) is 1.25. The first-order chi connectivity index (χ1) is 10.2. The molecule has 0 rings (SSSR count). The SMILES string of the molecule is NC(=S)N/N=C\C(=N\NC(N)=S)[C@@H](O)[C@@H](O)[C@@H](O)[C@@H](O)CO. The Labute approximate surface area is 136 Å². The molecule has 0 amide bonds. The molecule has 0 aliphatic rings. The Kier molecular flexibility index (Phi) is 9.59. The lowest BCUT2D eigenvalue weighted by atomic mass is 10.0. The van der Waals surface area contributed by atoms with Gasteiger partial charge in [0.2, 0.25) is 0 Å². The first kappa shape index (κ1) is 20.5. The van der Waals surface area contributed by atoms with Gasteiger partial charge < -0.3 is 37.0 Å². The number of hydrogen-bond donors (Lipinski definition) is 9. The van der Waals surface area contributed by atoms with E-state index in [4.69, 9.17) is 16.6 Å². The number of thiocarbonyl (C=S) groups is 2. The van der Waals surface area contributed by atoms with E-state index in [2.05, 4.69) is 45.5 Å². The fourth-order valence-electron chi connectivity index (χ4n) is 1.15. The van der Waals surface area contributed by atoms with Gasteiger partial charge in [0.25, 0.3) is 0 Å². The molecule has 0 aromatic rings. The number of nitrogens with one attached hydrogen (secondary N) is 2. The van der Waals surface area contributed by atoms with Gasteiger partial charge in [-0.15, -0.1) is 0 Å². The Hall–Kier alpha value is -1.48. The molecule has 0 fully saturated rings. The van der Waals surface area contributed by atoms with Crippen LogP contribution < -0.4 is 22.3 Å². The zero-order chi connectivity index (χ0) is 17.3. The maximum absolute atomic E-state index is 9.93. The lowest BCUT2D eigenvalue weighted by Gasteiger charge is -2.25. The molecule has 0 aromatic heterocycles. The molecule has 0 unspecified atom stereocenters. The number of rotatable bonds is 8. The minimum atomic E-state index is -1.88. The van der Waals surface area contributed by atoms with Crippen LogP contribution in [0.2, 0.25) is 0 Å². The second-order valence-electron chi connectivity index (χ2n) is 3.92. The lowest BCUT2D eigenvalue weighted by Crippen LogP contribution is -2.49. The topological polar surface area (TPSA) is 202 Å². The van der Waals surface area contributed by atoms with Gasteiger partial charge in [0.15, 0.2) is 10.2 Å². The van der Waals surface area contributed by atoms with Gasteiger partial charge in [-0.25, -0.2) is 0 Å². The van der Waals surface area contributed by atoms with E-state index in [0.29, 0.717) is 0 Å². The van der Waals surface area contributed by atoms with Gasteiger partial charge in [-0.05, 0) is 24.4 Å². The summed E-state index contributed by atoms with van der Waals surface area (Å²) >= 11 is 9.03. The average molecular weight is 354 g/mol. The van der Waals surface area contributed by atoms with Crippen LogP contribution >= 0.6 is 24.4 Å². The summed E-state index contributed by atoms with van der Waals surface area (Å²) in [4.78, 5) is 0. The van der Waals surface area contributed by atoms with Crippen molar-refractivity contribution in [2.45, 2.75) is 24.4 Å². The van der Waals surface area contributed by atoms with Gasteiger partial charge in [0.1, 0.15) is 30.1 Å². The van der Waals surface area contributed by atoms with Crippen LogP contribution in [0, 0.1) is 0 Å². The number of aliphatic hydroxyl groups is 5. The van der Waals surface area contributed by atoms with Crippen molar-refractivity contribution in [1.29, 1.82) is 0 Å². The molecule has 0 aliphatic heterocycles. The molecule has 0 bridgehead atoms. The van der Waals surface area contributed by atoms with Crippen LogP contribution in [-0.4, -0.2) is 78.7 Å². The summed E-state index contributed by atoms with van der Waals surface area (Å²) in [5.74, 6) is 0. The number of hydrazone groups is 2. The van der Waals surface area contributed by atoms with E-state index in [1.165, 1.54) is 0 Å². The van der Waals surface area contributed by atoms with Crippen molar-refractivity contribution in [3.8, 4) is 0 Å². The third-order valence-corrected chi connectivity index (χ3v) is 2.41. The third-order valence-electron chi connectivity index (χ3n) is 2.22. The van der Waals surface area contributed by atoms with Crippen molar-refractivity contribution in [1.82, 2.24) is 10.9 Å². The lowest BCUT2D eigenvalue weighted by molar-refractivity contribution is -0.100. The monoisotopic (exact) mass is 354 g/mol. The summed E-state index contributed by atoms with van der Waals surface area (Å²) in [6, 6.07) is 0. The summed E-state index contributed by atoms with van der Waals surface area (Å²) in [6.45, 7) is -0.820. The van der Waals surface area contributed by atoms with Crippen LogP contribution in [0.1, 0.15) is 0 Å². The van der Waals surface area contributed by atoms with Crippen molar-refractivity contribution >= 4 is 46.6 Å². The summed E-state index contributed by atoms with van der Waals surface area (Å²) < 4.78 is 0. The van der Waals surface area contributed by atoms with E-state index in [1.807, 2.05) is 0 Å². The number of nitrogens with two attached hydrogens (primary N) is 2. The van der Waals surface area contributed by atoms with Gasteiger partial charge >= 0.3 is 0 Å². The molecule has 11 N–H and O–H groups in total. The van der Waals surface area contributed by atoms with Gasteiger partial charge in [0.05, 0.1) is 12.8 Å². The molecule has 0 saturated carbocycles. The van der Waals surface area contributed by atoms with Crippen molar-refractivity contribution in [2.24, 2.45) is 21.7 Å². The van der Waals surface area contributed by atoms with E-state index in [-0.39, 0.29) is 15.9 Å². The van der Waals surface area contributed by atoms with E-state index < -0.39 is 31.0 Å². The number of hydrogen-bond acceptors (Lipinski definition) is 9. The zero-order valence-corrected chi connectivity index (χ0v) is 12.8. The van der Waals surface area contributed by atoms with E-state index in [1.54, 1.807) is 0 Å². The van der Waals surface area contributed by atoms with Crippen molar-refractivity contribution < 1.29 is 25.5 Å². The molecule has 126 valence electrons.